The van der Waals surface area contributed by atoms with Crippen LogP contribution in [0.15, 0.2) is 18.3 Å². The molecule has 1 aromatic rings. The SMILES string of the molecule is O=C(O)c1ccnc(OC[C@@H]2CCCCO2)c1. The maximum absolute atomic E-state index is 10.8. The van der Waals surface area contributed by atoms with Crippen molar-refractivity contribution in [1.82, 2.24) is 4.98 Å². The highest BCUT2D eigenvalue weighted by Gasteiger charge is 2.15. The number of aromatic carboxylic acids is 1. The van der Waals surface area contributed by atoms with E-state index in [1.165, 1.54) is 18.3 Å². The molecule has 1 aliphatic rings. The molecule has 5 heteroatoms. The number of rotatable bonds is 4. The van der Waals surface area contributed by atoms with Crippen molar-refractivity contribution in [3.63, 3.8) is 0 Å². The van der Waals surface area contributed by atoms with E-state index < -0.39 is 5.97 Å². The first-order chi connectivity index (χ1) is 8.25. The first-order valence-electron chi connectivity index (χ1n) is 5.69. The summed E-state index contributed by atoms with van der Waals surface area (Å²) in [6, 6.07) is 2.86. The number of carboxylic acid groups (broad SMARTS) is 1. The molecule has 0 amide bonds. The highest BCUT2D eigenvalue weighted by atomic mass is 16.5. The van der Waals surface area contributed by atoms with E-state index in [1.54, 1.807) is 0 Å². The molecule has 0 aromatic carbocycles. The van der Waals surface area contributed by atoms with Crippen molar-refractivity contribution in [3.8, 4) is 5.88 Å². The Morgan fingerprint density at radius 2 is 2.47 bits per heavy atom. The van der Waals surface area contributed by atoms with E-state index in [1.807, 2.05) is 0 Å². The fourth-order valence-corrected chi connectivity index (χ4v) is 1.74. The van der Waals surface area contributed by atoms with Crippen LogP contribution in [0, 0.1) is 0 Å². The summed E-state index contributed by atoms with van der Waals surface area (Å²) in [5.74, 6) is -0.648. The van der Waals surface area contributed by atoms with Crippen LogP contribution in [0.2, 0.25) is 0 Å². The number of hydrogen-bond acceptors (Lipinski definition) is 4. The predicted molar refractivity (Wildman–Crippen MR) is 60.3 cm³/mol. The van der Waals surface area contributed by atoms with Crippen LogP contribution in [-0.4, -0.2) is 35.4 Å². The maximum atomic E-state index is 10.8. The molecule has 1 aromatic heterocycles. The minimum atomic E-state index is -0.980. The number of aromatic nitrogens is 1. The number of pyridine rings is 1. The molecule has 0 bridgehead atoms. The van der Waals surface area contributed by atoms with Gasteiger partial charge in [0.2, 0.25) is 5.88 Å². The zero-order valence-corrected chi connectivity index (χ0v) is 9.46. The summed E-state index contributed by atoms with van der Waals surface area (Å²) in [7, 11) is 0. The normalized spacial score (nSPS) is 19.9. The predicted octanol–water partition coefficient (Wildman–Crippen LogP) is 1.73. The number of hydrogen-bond donors (Lipinski definition) is 1. The van der Waals surface area contributed by atoms with E-state index in [0.717, 1.165) is 25.9 Å². The first kappa shape index (κ1) is 11.9. The molecule has 1 aliphatic heterocycles. The zero-order valence-electron chi connectivity index (χ0n) is 9.46. The standard InChI is InChI=1S/C12H15NO4/c14-12(15)9-4-5-13-11(7-9)17-8-10-3-1-2-6-16-10/h4-5,7,10H,1-3,6,8H2,(H,14,15)/t10-/m0/s1. The van der Waals surface area contributed by atoms with Crippen LogP contribution in [-0.2, 0) is 4.74 Å². The van der Waals surface area contributed by atoms with Gasteiger partial charge in [-0.05, 0) is 25.3 Å². The molecule has 0 unspecified atom stereocenters. The summed E-state index contributed by atoms with van der Waals surface area (Å²) >= 11 is 0. The third-order valence-electron chi connectivity index (χ3n) is 2.67. The van der Waals surface area contributed by atoms with Crippen molar-refractivity contribution in [2.75, 3.05) is 13.2 Å². The van der Waals surface area contributed by atoms with Gasteiger partial charge in [0, 0.05) is 18.9 Å². The Labute approximate surface area is 99.4 Å². The zero-order chi connectivity index (χ0) is 12.1. The monoisotopic (exact) mass is 237 g/mol. The second kappa shape index (κ2) is 5.63. The molecule has 92 valence electrons. The molecule has 1 atom stereocenters. The van der Waals surface area contributed by atoms with Crippen molar-refractivity contribution in [2.24, 2.45) is 0 Å². The molecule has 0 radical (unpaired) electrons. The molecule has 2 rings (SSSR count). The molecule has 0 aliphatic carbocycles. The Hall–Kier alpha value is -1.62. The summed E-state index contributed by atoms with van der Waals surface area (Å²) < 4.78 is 10.9. The minimum absolute atomic E-state index is 0.0963. The van der Waals surface area contributed by atoms with Gasteiger partial charge in [0.15, 0.2) is 0 Å². The quantitative estimate of drug-likeness (QED) is 0.863. The smallest absolute Gasteiger partial charge is 0.335 e. The van der Waals surface area contributed by atoms with Crippen LogP contribution in [0.25, 0.3) is 0 Å². The van der Waals surface area contributed by atoms with Crippen molar-refractivity contribution >= 4 is 5.97 Å². The largest absolute Gasteiger partial charge is 0.478 e. The number of nitrogens with zero attached hydrogens (tertiary/aromatic N) is 1. The topological polar surface area (TPSA) is 68.7 Å². The van der Waals surface area contributed by atoms with Crippen molar-refractivity contribution in [2.45, 2.75) is 25.4 Å². The lowest BCUT2D eigenvalue weighted by Crippen LogP contribution is -2.26. The Morgan fingerprint density at radius 1 is 1.59 bits per heavy atom. The lowest BCUT2D eigenvalue weighted by atomic mass is 10.1. The fraction of sp³-hybridized carbons (Fsp3) is 0.500. The summed E-state index contributed by atoms with van der Waals surface area (Å²) in [6.45, 7) is 1.20. The van der Waals surface area contributed by atoms with E-state index in [2.05, 4.69) is 4.98 Å². The van der Waals surface area contributed by atoms with Crippen LogP contribution < -0.4 is 4.74 Å². The lowest BCUT2D eigenvalue weighted by Gasteiger charge is -2.22. The van der Waals surface area contributed by atoms with Gasteiger partial charge in [-0.1, -0.05) is 0 Å². The van der Waals surface area contributed by atoms with Gasteiger partial charge in [0.1, 0.15) is 6.61 Å². The van der Waals surface area contributed by atoms with Crippen LogP contribution in [0.3, 0.4) is 0 Å². The van der Waals surface area contributed by atoms with Gasteiger partial charge in [-0.2, -0.15) is 0 Å². The minimum Gasteiger partial charge on any atom is -0.478 e. The van der Waals surface area contributed by atoms with E-state index >= 15 is 0 Å². The molecule has 0 spiro atoms. The first-order valence-corrected chi connectivity index (χ1v) is 5.69. The molecule has 5 nitrogen and oxygen atoms in total. The Bertz CT molecular complexity index is 388. The summed E-state index contributed by atoms with van der Waals surface area (Å²) in [5.41, 5.74) is 0.180. The molecule has 17 heavy (non-hydrogen) atoms. The van der Waals surface area contributed by atoms with Crippen molar-refractivity contribution in [1.29, 1.82) is 0 Å². The van der Waals surface area contributed by atoms with Crippen LogP contribution in [0.5, 0.6) is 5.88 Å². The van der Waals surface area contributed by atoms with Gasteiger partial charge < -0.3 is 14.6 Å². The second-order valence-corrected chi connectivity index (χ2v) is 3.99. The van der Waals surface area contributed by atoms with Gasteiger partial charge in [0.25, 0.3) is 0 Å². The molecular weight excluding hydrogens is 222 g/mol. The number of carbonyl (C=O) groups is 1. The van der Waals surface area contributed by atoms with E-state index in [4.69, 9.17) is 14.6 Å². The van der Waals surface area contributed by atoms with Crippen LogP contribution in [0.4, 0.5) is 0 Å². The van der Waals surface area contributed by atoms with Gasteiger partial charge in [-0.15, -0.1) is 0 Å². The Morgan fingerprint density at radius 3 is 3.18 bits per heavy atom. The lowest BCUT2D eigenvalue weighted by molar-refractivity contribution is -0.0119. The van der Waals surface area contributed by atoms with Gasteiger partial charge in [-0.3, -0.25) is 0 Å². The van der Waals surface area contributed by atoms with Gasteiger partial charge in [-0.25, -0.2) is 9.78 Å². The summed E-state index contributed by atoms with van der Waals surface area (Å²) in [5, 5.41) is 8.82. The third-order valence-corrected chi connectivity index (χ3v) is 2.67. The van der Waals surface area contributed by atoms with Crippen molar-refractivity contribution in [3.05, 3.63) is 23.9 Å². The molecule has 1 fully saturated rings. The summed E-state index contributed by atoms with van der Waals surface area (Å²) in [4.78, 5) is 14.7. The average molecular weight is 237 g/mol. The fourth-order valence-electron chi connectivity index (χ4n) is 1.74. The van der Waals surface area contributed by atoms with E-state index in [0.29, 0.717) is 12.5 Å². The molecule has 1 saturated heterocycles. The van der Waals surface area contributed by atoms with Gasteiger partial charge in [0.05, 0.1) is 11.7 Å². The Kier molecular flexibility index (Phi) is 3.93. The molecular formula is C12H15NO4. The highest BCUT2D eigenvalue weighted by molar-refractivity contribution is 5.87. The molecule has 0 saturated carbocycles. The molecule has 1 N–H and O–H groups in total. The van der Waals surface area contributed by atoms with E-state index in [-0.39, 0.29) is 11.7 Å². The Balaban J connectivity index is 1.89. The van der Waals surface area contributed by atoms with Crippen LogP contribution in [0.1, 0.15) is 29.6 Å². The van der Waals surface area contributed by atoms with Crippen molar-refractivity contribution < 1.29 is 19.4 Å². The summed E-state index contributed by atoms with van der Waals surface area (Å²) in [6.07, 6.45) is 4.76. The molecule has 2 heterocycles. The van der Waals surface area contributed by atoms with Gasteiger partial charge >= 0.3 is 5.97 Å². The van der Waals surface area contributed by atoms with E-state index in [9.17, 15) is 4.79 Å². The number of carboxylic acids is 1. The number of ether oxygens (including phenoxy) is 2. The highest BCUT2D eigenvalue weighted by Crippen LogP contribution is 2.15. The maximum Gasteiger partial charge on any atom is 0.335 e. The van der Waals surface area contributed by atoms with Crippen LogP contribution >= 0.6 is 0 Å². The second-order valence-electron chi connectivity index (χ2n) is 3.99. The third kappa shape index (κ3) is 3.42. The average Bonchev–Trinajstić information content (AvgIpc) is 2.38.